The second-order valence-corrected chi connectivity index (χ2v) is 10.0. The van der Waals surface area contributed by atoms with Crippen LogP contribution in [0, 0.1) is 12.8 Å². The molecular weight excluding hydrogens is 517 g/mol. The Bertz CT molecular complexity index is 1270. The number of ether oxygens (including phenoxy) is 1. The molecule has 1 aliphatic heterocycles. The predicted octanol–water partition coefficient (Wildman–Crippen LogP) is 5.53. The second kappa shape index (κ2) is 10.2. The molecule has 0 radical (unpaired) electrons. The Labute approximate surface area is 213 Å². The van der Waals surface area contributed by atoms with Crippen molar-refractivity contribution in [2.45, 2.75) is 38.4 Å². The van der Waals surface area contributed by atoms with Crippen LogP contribution in [0.5, 0.6) is 5.88 Å². The Morgan fingerprint density at radius 1 is 1.24 bits per heavy atom. The molecule has 2 aromatic heterocycles. The lowest BCUT2D eigenvalue weighted by Crippen LogP contribution is -2.57. The van der Waals surface area contributed by atoms with E-state index in [4.69, 9.17) is 4.74 Å². The van der Waals surface area contributed by atoms with Gasteiger partial charge in [0.15, 0.2) is 0 Å². The number of aryl methyl sites for hydroxylation is 1. The van der Waals surface area contributed by atoms with Crippen LogP contribution in [0.15, 0.2) is 36.5 Å². The molecule has 2 atom stereocenters. The van der Waals surface area contributed by atoms with E-state index in [1.54, 1.807) is 26.0 Å². The number of nitrogens with one attached hydrogen (secondary N) is 1. The normalized spacial score (nSPS) is 19.5. The number of rotatable bonds is 6. The molecule has 0 spiro atoms. The summed E-state index contributed by atoms with van der Waals surface area (Å²) < 4.78 is 73.4. The number of amides is 1. The summed E-state index contributed by atoms with van der Waals surface area (Å²) in [6.45, 7) is 2.44. The van der Waals surface area contributed by atoms with Crippen molar-refractivity contribution < 1.29 is 31.5 Å². The summed E-state index contributed by atoms with van der Waals surface area (Å²) in [6, 6.07) is 8.33. The Hall–Kier alpha value is -3.35. The minimum absolute atomic E-state index is 0.0682. The standard InChI is InChI=1S/C24H24F5N5O2S/c1-13-9-23(25,26)12-34(21(35)18-19(37-14(2)32-18)15-7-5-4-6-8-15)17(13)11-31-22-30-10-16(24(27,28)29)20(33-22)36-3/h4-8,10,13,17H,9,11-12H2,1-3H3,(H,30,31,33). The average molecular weight is 542 g/mol. The molecule has 1 aromatic carbocycles. The molecule has 0 bridgehead atoms. The van der Waals surface area contributed by atoms with E-state index in [2.05, 4.69) is 20.3 Å². The number of carbonyl (C=O) groups is 1. The van der Waals surface area contributed by atoms with Gasteiger partial charge in [-0.3, -0.25) is 4.79 Å². The molecule has 2 unspecified atom stereocenters. The summed E-state index contributed by atoms with van der Waals surface area (Å²) in [5, 5.41) is 3.40. The van der Waals surface area contributed by atoms with Crippen LogP contribution in [0.1, 0.15) is 34.4 Å². The third-order valence-corrected chi connectivity index (χ3v) is 7.05. The molecule has 3 aromatic rings. The molecule has 3 heterocycles. The van der Waals surface area contributed by atoms with Gasteiger partial charge in [-0.1, -0.05) is 37.3 Å². The maximum atomic E-state index is 14.6. The van der Waals surface area contributed by atoms with Crippen LogP contribution in [-0.2, 0) is 6.18 Å². The minimum atomic E-state index is -4.71. The number of hydrogen-bond acceptors (Lipinski definition) is 7. The van der Waals surface area contributed by atoms with Crippen LogP contribution in [0.2, 0.25) is 0 Å². The number of piperidine rings is 1. The largest absolute Gasteiger partial charge is 0.480 e. The van der Waals surface area contributed by atoms with Crippen LogP contribution in [-0.4, -0.2) is 57.9 Å². The smallest absolute Gasteiger partial charge is 0.423 e. The Balaban J connectivity index is 1.62. The van der Waals surface area contributed by atoms with Gasteiger partial charge in [-0.25, -0.2) is 18.7 Å². The average Bonchev–Trinajstić information content (AvgIpc) is 3.23. The zero-order valence-electron chi connectivity index (χ0n) is 20.1. The first-order valence-electron chi connectivity index (χ1n) is 11.3. The van der Waals surface area contributed by atoms with E-state index in [9.17, 15) is 26.7 Å². The van der Waals surface area contributed by atoms with Gasteiger partial charge in [0.25, 0.3) is 11.8 Å². The van der Waals surface area contributed by atoms with Gasteiger partial charge in [-0.2, -0.15) is 18.2 Å². The van der Waals surface area contributed by atoms with E-state index >= 15 is 0 Å². The van der Waals surface area contributed by atoms with Crippen LogP contribution in [0.4, 0.5) is 27.9 Å². The van der Waals surface area contributed by atoms with Crippen LogP contribution >= 0.6 is 11.3 Å². The van der Waals surface area contributed by atoms with Crippen molar-refractivity contribution in [3.05, 3.63) is 52.8 Å². The molecule has 1 N–H and O–H groups in total. The maximum Gasteiger partial charge on any atom is 0.423 e. The minimum Gasteiger partial charge on any atom is -0.480 e. The first-order chi connectivity index (χ1) is 17.4. The molecule has 1 amide bonds. The summed E-state index contributed by atoms with van der Waals surface area (Å²) in [7, 11) is 1.05. The van der Waals surface area contributed by atoms with E-state index in [-0.39, 0.29) is 18.2 Å². The van der Waals surface area contributed by atoms with E-state index in [0.717, 1.165) is 17.6 Å². The number of thiazole rings is 1. The topological polar surface area (TPSA) is 80.2 Å². The molecule has 7 nitrogen and oxygen atoms in total. The molecule has 13 heteroatoms. The quantitative estimate of drug-likeness (QED) is 0.413. The van der Waals surface area contributed by atoms with Crippen molar-refractivity contribution in [1.29, 1.82) is 0 Å². The fourth-order valence-corrected chi connectivity index (χ4v) is 5.29. The van der Waals surface area contributed by atoms with Gasteiger partial charge in [0, 0.05) is 19.2 Å². The summed E-state index contributed by atoms with van der Waals surface area (Å²) in [4.78, 5) is 27.1. The van der Waals surface area contributed by atoms with Gasteiger partial charge in [0.1, 0.15) is 11.3 Å². The highest BCUT2D eigenvalue weighted by Gasteiger charge is 2.47. The number of carbonyl (C=O) groups excluding carboxylic acids is 1. The number of likely N-dealkylation sites (tertiary alicyclic amines) is 1. The third kappa shape index (κ3) is 5.81. The first kappa shape index (κ1) is 26.7. The van der Waals surface area contributed by atoms with Gasteiger partial charge in [-0.15, -0.1) is 11.3 Å². The Kier molecular flexibility index (Phi) is 7.36. The molecule has 198 valence electrons. The third-order valence-electron chi connectivity index (χ3n) is 6.03. The summed E-state index contributed by atoms with van der Waals surface area (Å²) >= 11 is 1.29. The first-order valence-corrected chi connectivity index (χ1v) is 12.1. The summed E-state index contributed by atoms with van der Waals surface area (Å²) in [6.07, 6.45) is -4.58. The van der Waals surface area contributed by atoms with Crippen LogP contribution in [0.25, 0.3) is 10.4 Å². The van der Waals surface area contributed by atoms with Gasteiger partial charge in [0.2, 0.25) is 11.8 Å². The number of benzene rings is 1. The molecule has 0 aliphatic carbocycles. The monoisotopic (exact) mass is 541 g/mol. The highest BCUT2D eigenvalue weighted by Crippen LogP contribution is 2.38. The number of alkyl halides is 5. The van der Waals surface area contributed by atoms with Gasteiger partial charge in [-0.05, 0) is 18.4 Å². The number of methoxy groups -OCH3 is 1. The Morgan fingerprint density at radius 2 is 1.95 bits per heavy atom. The lowest BCUT2D eigenvalue weighted by Gasteiger charge is -2.43. The number of hydrogen-bond donors (Lipinski definition) is 1. The van der Waals surface area contributed by atoms with Crippen molar-refractivity contribution in [2.75, 3.05) is 25.5 Å². The zero-order chi connectivity index (χ0) is 27.0. The molecular formula is C24H24F5N5O2S. The van der Waals surface area contributed by atoms with Crippen LogP contribution < -0.4 is 10.1 Å². The fourth-order valence-electron chi connectivity index (χ4n) is 4.37. The molecule has 0 saturated carbocycles. The lowest BCUT2D eigenvalue weighted by atomic mass is 9.88. The lowest BCUT2D eigenvalue weighted by molar-refractivity contribution is -0.139. The van der Waals surface area contributed by atoms with Crippen molar-refractivity contribution in [2.24, 2.45) is 5.92 Å². The van der Waals surface area contributed by atoms with E-state index in [1.807, 2.05) is 18.2 Å². The van der Waals surface area contributed by atoms with E-state index in [1.165, 1.54) is 11.3 Å². The molecule has 37 heavy (non-hydrogen) atoms. The summed E-state index contributed by atoms with van der Waals surface area (Å²) in [5.74, 6) is -5.26. The summed E-state index contributed by atoms with van der Waals surface area (Å²) in [5.41, 5.74) is -0.320. The number of aromatic nitrogens is 3. The van der Waals surface area contributed by atoms with Crippen molar-refractivity contribution in [1.82, 2.24) is 19.9 Å². The predicted molar refractivity (Wildman–Crippen MR) is 128 cm³/mol. The maximum absolute atomic E-state index is 14.6. The SMILES string of the molecule is COc1nc(NCC2C(C)CC(F)(F)CN2C(=O)c2nc(C)sc2-c2ccccc2)ncc1C(F)(F)F. The van der Waals surface area contributed by atoms with E-state index in [0.29, 0.717) is 16.1 Å². The van der Waals surface area contributed by atoms with Gasteiger partial charge < -0.3 is 15.0 Å². The highest BCUT2D eigenvalue weighted by molar-refractivity contribution is 7.15. The molecule has 4 rings (SSSR count). The van der Waals surface area contributed by atoms with Crippen molar-refractivity contribution in [3.8, 4) is 16.3 Å². The number of anilines is 1. The molecule has 1 saturated heterocycles. The number of halogens is 5. The highest BCUT2D eigenvalue weighted by atomic mass is 32.1. The van der Waals surface area contributed by atoms with Crippen LogP contribution in [0.3, 0.4) is 0 Å². The molecule has 1 aliphatic rings. The fraction of sp³-hybridized carbons (Fsp3) is 0.417. The van der Waals surface area contributed by atoms with Gasteiger partial charge in [0.05, 0.1) is 29.6 Å². The Morgan fingerprint density at radius 3 is 2.59 bits per heavy atom. The van der Waals surface area contributed by atoms with Crippen molar-refractivity contribution in [3.63, 3.8) is 0 Å². The van der Waals surface area contributed by atoms with Crippen molar-refractivity contribution >= 4 is 23.2 Å². The molecule has 1 fully saturated rings. The van der Waals surface area contributed by atoms with E-state index < -0.39 is 54.4 Å². The second-order valence-electron chi connectivity index (χ2n) is 8.81. The number of nitrogens with zero attached hydrogens (tertiary/aromatic N) is 4. The van der Waals surface area contributed by atoms with Gasteiger partial charge >= 0.3 is 6.18 Å². The zero-order valence-corrected chi connectivity index (χ0v) is 21.0.